The van der Waals surface area contributed by atoms with E-state index in [4.69, 9.17) is 16.3 Å². The minimum atomic E-state index is -0.250. The number of rotatable bonds is 5. The highest BCUT2D eigenvalue weighted by atomic mass is 35.5. The summed E-state index contributed by atoms with van der Waals surface area (Å²) < 4.78 is 5.59. The molecule has 5 nitrogen and oxygen atoms in total. The summed E-state index contributed by atoms with van der Waals surface area (Å²) >= 11 is 5.97. The highest BCUT2D eigenvalue weighted by molar-refractivity contribution is 6.31. The lowest BCUT2D eigenvalue weighted by Gasteiger charge is -2.12. The van der Waals surface area contributed by atoms with Crippen molar-refractivity contribution < 1.29 is 9.53 Å². The summed E-state index contributed by atoms with van der Waals surface area (Å²) in [6.07, 6.45) is 2.37. The van der Waals surface area contributed by atoms with Crippen LogP contribution in [0.2, 0.25) is 5.02 Å². The lowest BCUT2D eigenvalue weighted by atomic mass is 10.2. The summed E-state index contributed by atoms with van der Waals surface area (Å²) in [6, 6.07) is 5.14. The molecule has 0 saturated carbocycles. The third-order valence-corrected chi connectivity index (χ3v) is 2.96. The average molecular weight is 294 g/mol. The first-order chi connectivity index (χ1) is 9.61. The number of amides is 1. The predicted molar refractivity (Wildman–Crippen MR) is 78.5 cm³/mol. The van der Waals surface area contributed by atoms with Gasteiger partial charge < -0.3 is 10.1 Å². The topological polar surface area (TPSA) is 67.0 Å². The Labute approximate surface area is 122 Å². The molecule has 0 bridgehead atoms. The number of halogens is 1. The van der Waals surface area contributed by atoms with E-state index < -0.39 is 0 Å². The number of nitrogens with zero attached hydrogens (tertiary/aromatic N) is 1. The van der Waals surface area contributed by atoms with Gasteiger partial charge in [-0.1, -0.05) is 18.5 Å². The standard InChI is InChI=1S/C14H16ClN3O2/c1-3-6-20-13-5-4-10(15)7-12(13)17-14(19)11-8-16-18-9(11)2/h4-5,7-8H,3,6H2,1-2H3,(H,16,18)(H,17,19). The fourth-order valence-corrected chi connectivity index (χ4v) is 1.88. The first-order valence-electron chi connectivity index (χ1n) is 6.35. The fraction of sp³-hybridized carbons (Fsp3) is 0.286. The van der Waals surface area contributed by atoms with Crippen LogP contribution in [0.1, 0.15) is 29.4 Å². The number of nitrogens with one attached hydrogen (secondary N) is 2. The fourth-order valence-electron chi connectivity index (χ4n) is 1.71. The average Bonchev–Trinajstić information content (AvgIpc) is 2.84. The van der Waals surface area contributed by atoms with E-state index in [1.54, 1.807) is 25.1 Å². The molecule has 2 rings (SSSR count). The van der Waals surface area contributed by atoms with Gasteiger partial charge in [-0.25, -0.2) is 0 Å². The van der Waals surface area contributed by atoms with Crippen LogP contribution in [0, 0.1) is 6.92 Å². The van der Waals surface area contributed by atoms with Crippen molar-refractivity contribution in [2.75, 3.05) is 11.9 Å². The second kappa shape index (κ2) is 6.43. The van der Waals surface area contributed by atoms with Gasteiger partial charge in [0.1, 0.15) is 5.75 Å². The number of ether oxygens (including phenoxy) is 1. The van der Waals surface area contributed by atoms with Crippen LogP contribution in [0.4, 0.5) is 5.69 Å². The van der Waals surface area contributed by atoms with Gasteiger partial charge >= 0.3 is 0 Å². The van der Waals surface area contributed by atoms with Gasteiger partial charge in [-0.05, 0) is 31.5 Å². The summed E-state index contributed by atoms with van der Waals surface area (Å²) in [4.78, 5) is 12.2. The third kappa shape index (κ3) is 3.30. The maximum Gasteiger partial charge on any atom is 0.259 e. The Balaban J connectivity index is 2.21. The van der Waals surface area contributed by atoms with E-state index in [2.05, 4.69) is 15.5 Å². The lowest BCUT2D eigenvalue weighted by molar-refractivity contribution is 0.102. The molecule has 1 aromatic heterocycles. The number of aryl methyl sites for hydroxylation is 1. The van der Waals surface area contributed by atoms with E-state index in [0.29, 0.717) is 34.3 Å². The number of hydrogen-bond donors (Lipinski definition) is 2. The maximum atomic E-state index is 12.2. The van der Waals surface area contributed by atoms with Crippen LogP contribution in [0.3, 0.4) is 0 Å². The largest absolute Gasteiger partial charge is 0.491 e. The molecule has 0 atom stereocenters. The number of aromatic amines is 1. The Hall–Kier alpha value is -2.01. The van der Waals surface area contributed by atoms with Crippen molar-refractivity contribution in [2.24, 2.45) is 0 Å². The van der Waals surface area contributed by atoms with Crippen molar-refractivity contribution in [3.05, 3.63) is 40.7 Å². The normalized spacial score (nSPS) is 10.3. The minimum Gasteiger partial charge on any atom is -0.491 e. The van der Waals surface area contributed by atoms with E-state index >= 15 is 0 Å². The Morgan fingerprint density at radius 1 is 1.50 bits per heavy atom. The molecule has 0 aliphatic carbocycles. The SMILES string of the molecule is CCCOc1ccc(Cl)cc1NC(=O)c1cn[nH]c1C. The summed E-state index contributed by atoms with van der Waals surface area (Å²) in [5.41, 5.74) is 1.75. The van der Waals surface area contributed by atoms with Gasteiger partial charge in [0.2, 0.25) is 0 Å². The van der Waals surface area contributed by atoms with Crippen LogP contribution in [-0.4, -0.2) is 22.7 Å². The predicted octanol–water partition coefficient (Wildman–Crippen LogP) is 3.41. The molecule has 2 N–H and O–H groups in total. The maximum absolute atomic E-state index is 12.2. The second-order valence-electron chi connectivity index (χ2n) is 4.35. The molecule has 0 saturated heterocycles. The Morgan fingerprint density at radius 3 is 2.95 bits per heavy atom. The molecule has 2 aromatic rings. The zero-order valence-electron chi connectivity index (χ0n) is 11.4. The van der Waals surface area contributed by atoms with E-state index in [1.165, 1.54) is 6.20 Å². The molecule has 1 amide bonds. The number of carbonyl (C=O) groups is 1. The minimum absolute atomic E-state index is 0.250. The van der Waals surface area contributed by atoms with Crippen LogP contribution < -0.4 is 10.1 Å². The number of hydrogen-bond acceptors (Lipinski definition) is 3. The Morgan fingerprint density at radius 2 is 2.30 bits per heavy atom. The monoisotopic (exact) mass is 293 g/mol. The van der Waals surface area contributed by atoms with Gasteiger partial charge in [0.25, 0.3) is 5.91 Å². The van der Waals surface area contributed by atoms with Crippen molar-refractivity contribution in [2.45, 2.75) is 20.3 Å². The van der Waals surface area contributed by atoms with Crippen molar-refractivity contribution in [1.82, 2.24) is 10.2 Å². The molecule has 6 heteroatoms. The third-order valence-electron chi connectivity index (χ3n) is 2.73. The molecule has 0 radical (unpaired) electrons. The molecule has 106 valence electrons. The quantitative estimate of drug-likeness (QED) is 0.887. The van der Waals surface area contributed by atoms with Crippen molar-refractivity contribution in [1.29, 1.82) is 0 Å². The summed E-state index contributed by atoms with van der Waals surface area (Å²) in [6.45, 7) is 4.38. The first kappa shape index (κ1) is 14.4. The van der Waals surface area contributed by atoms with E-state index in [0.717, 1.165) is 6.42 Å². The van der Waals surface area contributed by atoms with Crippen LogP contribution in [-0.2, 0) is 0 Å². The lowest BCUT2D eigenvalue weighted by Crippen LogP contribution is -2.13. The van der Waals surface area contributed by atoms with Crippen LogP contribution >= 0.6 is 11.6 Å². The molecular formula is C14H16ClN3O2. The van der Waals surface area contributed by atoms with E-state index in [1.807, 2.05) is 6.92 Å². The number of H-pyrrole nitrogens is 1. The van der Waals surface area contributed by atoms with Crippen molar-refractivity contribution in [3.8, 4) is 5.75 Å². The smallest absolute Gasteiger partial charge is 0.259 e. The highest BCUT2D eigenvalue weighted by Gasteiger charge is 2.14. The molecule has 1 aromatic carbocycles. The van der Waals surface area contributed by atoms with Gasteiger partial charge in [0, 0.05) is 10.7 Å². The Bertz CT molecular complexity index is 610. The van der Waals surface area contributed by atoms with Gasteiger partial charge in [-0.3, -0.25) is 9.89 Å². The van der Waals surface area contributed by atoms with Gasteiger partial charge in [-0.15, -0.1) is 0 Å². The molecule has 20 heavy (non-hydrogen) atoms. The molecular weight excluding hydrogens is 278 g/mol. The zero-order chi connectivity index (χ0) is 14.5. The number of anilines is 1. The van der Waals surface area contributed by atoms with E-state index in [-0.39, 0.29) is 5.91 Å². The summed E-state index contributed by atoms with van der Waals surface area (Å²) in [5.74, 6) is 0.352. The summed E-state index contributed by atoms with van der Waals surface area (Å²) in [7, 11) is 0. The molecule has 1 heterocycles. The van der Waals surface area contributed by atoms with Gasteiger partial charge in [0.05, 0.1) is 24.1 Å². The van der Waals surface area contributed by atoms with Crippen molar-refractivity contribution in [3.63, 3.8) is 0 Å². The van der Waals surface area contributed by atoms with Crippen LogP contribution in [0.25, 0.3) is 0 Å². The Kier molecular flexibility index (Phi) is 4.63. The number of carbonyl (C=O) groups excluding carboxylic acids is 1. The second-order valence-corrected chi connectivity index (χ2v) is 4.79. The molecule has 0 fully saturated rings. The molecule has 0 unspecified atom stereocenters. The molecule has 0 spiro atoms. The summed E-state index contributed by atoms with van der Waals surface area (Å²) in [5, 5.41) is 9.89. The van der Waals surface area contributed by atoms with Crippen LogP contribution in [0.15, 0.2) is 24.4 Å². The first-order valence-corrected chi connectivity index (χ1v) is 6.73. The highest BCUT2D eigenvalue weighted by Crippen LogP contribution is 2.28. The van der Waals surface area contributed by atoms with Gasteiger partial charge in [-0.2, -0.15) is 5.10 Å². The molecule has 0 aliphatic heterocycles. The number of benzene rings is 1. The van der Waals surface area contributed by atoms with Gasteiger partial charge in [0.15, 0.2) is 0 Å². The molecule has 0 aliphatic rings. The number of aromatic nitrogens is 2. The van der Waals surface area contributed by atoms with E-state index in [9.17, 15) is 4.79 Å². The zero-order valence-corrected chi connectivity index (χ0v) is 12.1. The van der Waals surface area contributed by atoms with Crippen LogP contribution in [0.5, 0.6) is 5.75 Å². The van der Waals surface area contributed by atoms with Crippen molar-refractivity contribution >= 4 is 23.2 Å².